The molecule has 0 aliphatic heterocycles. The number of fused-ring (bicyclic) bond motifs is 2. The van der Waals surface area contributed by atoms with Crippen LogP contribution < -0.4 is 0 Å². The highest BCUT2D eigenvalue weighted by Gasteiger charge is 2.29. The molecular weight excluding hydrogens is 487 g/mol. The summed E-state index contributed by atoms with van der Waals surface area (Å²) >= 11 is 8.14. The first-order valence-electron chi connectivity index (χ1n) is 10.9. The molecule has 4 aromatic rings. The topological polar surface area (TPSA) is 72.2 Å². The van der Waals surface area contributed by atoms with Gasteiger partial charge < -0.3 is 9.67 Å². The number of aromatic nitrogens is 2. The fourth-order valence-corrected chi connectivity index (χ4v) is 5.12. The number of hydrogen-bond donors (Lipinski definition) is 1. The molecule has 2 aromatic carbocycles. The van der Waals surface area contributed by atoms with Gasteiger partial charge in [-0.15, -0.1) is 11.8 Å². The van der Waals surface area contributed by atoms with Gasteiger partial charge >= 0.3 is 5.97 Å². The van der Waals surface area contributed by atoms with E-state index in [0.29, 0.717) is 33.2 Å². The number of Topliss-reactive ketones (excluding diaryl/α,β-unsaturated/α-hetero) is 1. The van der Waals surface area contributed by atoms with Crippen LogP contribution >= 0.6 is 23.4 Å². The van der Waals surface area contributed by atoms with Gasteiger partial charge in [-0.05, 0) is 49.1 Å². The first kappa shape index (κ1) is 23.3. The minimum atomic E-state index is -1.22. The molecular formula is C27H20ClFN2O3S. The standard InChI is InChI=1S/C27H20ClFN2O3S/c1-14-9-19-22(12-20(14)29)31(25(27(33)34)24(19)18-5-3-4-6-23(18)32)13-16-10-15-7-8-17(35-2)11-21(15)30-26(16)28/h3-5,7-12H,6,13H2,1-2H3,(H,33,34). The van der Waals surface area contributed by atoms with Gasteiger partial charge in [-0.1, -0.05) is 35.9 Å². The molecule has 0 saturated carbocycles. The number of hydrogen-bond acceptors (Lipinski definition) is 4. The lowest BCUT2D eigenvalue weighted by atomic mass is 9.93. The van der Waals surface area contributed by atoms with Crippen molar-refractivity contribution in [3.63, 3.8) is 0 Å². The molecule has 0 fully saturated rings. The van der Waals surface area contributed by atoms with Crippen LogP contribution in [-0.4, -0.2) is 32.7 Å². The van der Waals surface area contributed by atoms with E-state index in [2.05, 4.69) is 4.98 Å². The highest BCUT2D eigenvalue weighted by atomic mass is 35.5. The van der Waals surface area contributed by atoms with E-state index in [1.165, 1.54) is 10.6 Å². The van der Waals surface area contributed by atoms with E-state index >= 15 is 0 Å². The molecule has 35 heavy (non-hydrogen) atoms. The van der Waals surface area contributed by atoms with Crippen LogP contribution in [0.25, 0.3) is 27.4 Å². The Morgan fingerprint density at radius 2 is 2.06 bits per heavy atom. The second-order valence-corrected chi connectivity index (χ2v) is 9.60. The number of carboxylic acid groups (broad SMARTS) is 1. The van der Waals surface area contributed by atoms with E-state index in [1.54, 1.807) is 43.0 Å². The van der Waals surface area contributed by atoms with Crippen LogP contribution in [0.5, 0.6) is 0 Å². The zero-order valence-corrected chi connectivity index (χ0v) is 20.5. The fourth-order valence-electron chi connectivity index (χ4n) is 4.48. The van der Waals surface area contributed by atoms with E-state index in [0.717, 1.165) is 15.8 Å². The summed E-state index contributed by atoms with van der Waals surface area (Å²) in [5.41, 5.74) is 2.56. The summed E-state index contributed by atoms with van der Waals surface area (Å²) in [5, 5.41) is 11.9. The van der Waals surface area contributed by atoms with Crippen LogP contribution in [0, 0.1) is 12.7 Å². The molecule has 176 valence electrons. The number of carbonyl (C=O) groups excluding carboxylic acids is 1. The van der Waals surface area contributed by atoms with E-state index in [-0.39, 0.29) is 29.6 Å². The maximum atomic E-state index is 14.7. The number of pyridine rings is 1. The Morgan fingerprint density at radius 1 is 1.26 bits per heavy atom. The molecule has 0 spiro atoms. The zero-order chi connectivity index (χ0) is 24.9. The number of ketones is 1. The lowest BCUT2D eigenvalue weighted by Crippen LogP contribution is -2.14. The summed E-state index contributed by atoms with van der Waals surface area (Å²) in [6.07, 6.45) is 7.22. The molecule has 8 heteroatoms. The third kappa shape index (κ3) is 4.05. The van der Waals surface area contributed by atoms with Gasteiger partial charge in [0.05, 0.1) is 17.6 Å². The number of thioether (sulfide) groups is 1. The summed E-state index contributed by atoms with van der Waals surface area (Å²) in [4.78, 5) is 30.9. The van der Waals surface area contributed by atoms with Gasteiger partial charge in [0.15, 0.2) is 5.78 Å². The van der Waals surface area contributed by atoms with Gasteiger partial charge in [-0.25, -0.2) is 14.2 Å². The van der Waals surface area contributed by atoms with Gasteiger partial charge in [0.1, 0.15) is 16.7 Å². The molecule has 0 bridgehead atoms. The highest BCUT2D eigenvalue weighted by molar-refractivity contribution is 7.98. The van der Waals surface area contributed by atoms with E-state index in [9.17, 15) is 19.1 Å². The van der Waals surface area contributed by atoms with Gasteiger partial charge in [0.2, 0.25) is 0 Å². The molecule has 0 atom stereocenters. The van der Waals surface area contributed by atoms with Crippen LogP contribution in [0.2, 0.25) is 5.15 Å². The molecule has 1 N–H and O–H groups in total. The van der Waals surface area contributed by atoms with Gasteiger partial charge in [0.25, 0.3) is 0 Å². The van der Waals surface area contributed by atoms with Crippen LogP contribution in [0.4, 0.5) is 4.39 Å². The van der Waals surface area contributed by atoms with Crippen molar-refractivity contribution in [1.82, 2.24) is 9.55 Å². The summed E-state index contributed by atoms with van der Waals surface area (Å²) in [7, 11) is 0. The van der Waals surface area contributed by atoms with Crippen LogP contribution in [0.15, 0.2) is 59.5 Å². The number of benzene rings is 2. The third-order valence-electron chi connectivity index (χ3n) is 6.20. The zero-order valence-electron chi connectivity index (χ0n) is 18.9. The third-order valence-corrected chi connectivity index (χ3v) is 7.25. The smallest absolute Gasteiger partial charge is 0.353 e. The van der Waals surface area contributed by atoms with Crippen LogP contribution in [-0.2, 0) is 11.3 Å². The summed E-state index contributed by atoms with van der Waals surface area (Å²) in [6, 6.07) is 10.6. The lowest BCUT2D eigenvalue weighted by Gasteiger charge is -2.13. The minimum absolute atomic E-state index is 0.0456. The summed E-state index contributed by atoms with van der Waals surface area (Å²) in [6.45, 7) is 1.66. The van der Waals surface area contributed by atoms with Crippen molar-refractivity contribution in [1.29, 1.82) is 0 Å². The Balaban J connectivity index is 1.77. The predicted octanol–water partition coefficient (Wildman–Crippen LogP) is 6.67. The average Bonchev–Trinajstić information content (AvgIpc) is 3.12. The van der Waals surface area contributed by atoms with Crippen molar-refractivity contribution in [3.05, 3.63) is 88.0 Å². The van der Waals surface area contributed by atoms with Crippen LogP contribution in [0.3, 0.4) is 0 Å². The Hall–Kier alpha value is -3.42. The van der Waals surface area contributed by atoms with Crippen molar-refractivity contribution >= 4 is 62.5 Å². The maximum absolute atomic E-state index is 14.7. The Morgan fingerprint density at radius 3 is 2.77 bits per heavy atom. The van der Waals surface area contributed by atoms with Gasteiger partial charge in [-0.2, -0.15) is 0 Å². The normalized spacial score (nSPS) is 13.6. The molecule has 2 aromatic heterocycles. The summed E-state index contributed by atoms with van der Waals surface area (Å²) < 4.78 is 16.2. The van der Waals surface area contributed by atoms with Crippen molar-refractivity contribution < 1.29 is 19.1 Å². The van der Waals surface area contributed by atoms with Crippen LogP contribution in [0.1, 0.15) is 33.6 Å². The average molecular weight is 507 g/mol. The lowest BCUT2D eigenvalue weighted by molar-refractivity contribution is -0.113. The molecule has 0 radical (unpaired) electrons. The number of halogens is 2. The second-order valence-electron chi connectivity index (χ2n) is 8.37. The molecule has 5 nitrogen and oxygen atoms in total. The van der Waals surface area contributed by atoms with Gasteiger partial charge in [-0.3, -0.25) is 4.79 Å². The molecule has 1 aliphatic rings. The number of aryl methyl sites for hydroxylation is 1. The Kier molecular flexibility index (Phi) is 5.99. The maximum Gasteiger partial charge on any atom is 0.353 e. The molecule has 5 rings (SSSR count). The molecule has 0 amide bonds. The number of rotatable bonds is 5. The van der Waals surface area contributed by atoms with Crippen molar-refractivity contribution in [3.8, 4) is 0 Å². The quantitative estimate of drug-likeness (QED) is 0.242. The first-order valence-corrected chi connectivity index (χ1v) is 12.5. The number of carboxylic acids is 1. The van der Waals surface area contributed by atoms with Crippen molar-refractivity contribution in [2.75, 3.05) is 6.26 Å². The highest BCUT2D eigenvalue weighted by Crippen LogP contribution is 2.37. The molecule has 1 aliphatic carbocycles. The monoisotopic (exact) mass is 506 g/mol. The predicted molar refractivity (Wildman–Crippen MR) is 138 cm³/mol. The number of nitrogens with zero attached hydrogens (tertiary/aromatic N) is 2. The fraction of sp³-hybridized carbons (Fsp3) is 0.148. The number of allylic oxidation sites excluding steroid dienone is 4. The van der Waals surface area contributed by atoms with Crippen molar-refractivity contribution in [2.45, 2.75) is 24.8 Å². The van der Waals surface area contributed by atoms with E-state index in [4.69, 9.17) is 11.6 Å². The Labute approximate surface area is 209 Å². The van der Waals surface area contributed by atoms with E-state index < -0.39 is 11.8 Å². The largest absolute Gasteiger partial charge is 0.477 e. The van der Waals surface area contributed by atoms with Crippen molar-refractivity contribution in [2.24, 2.45) is 0 Å². The SMILES string of the molecule is CSc1ccc2cc(Cn3c(C(=O)O)c(C4=CC=CCC4=O)c4cc(C)c(F)cc43)c(Cl)nc2c1. The number of carbonyl (C=O) groups is 2. The first-order chi connectivity index (χ1) is 16.8. The Bertz CT molecular complexity index is 1620. The molecule has 0 saturated heterocycles. The minimum Gasteiger partial charge on any atom is -0.477 e. The van der Waals surface area contributed by atoms with Gasteiger partial charge in [0, 0.05) is 38.8 Å². The number of aromatic carboxylic acids is 1. The molecule has 2 heterocycles. The summed E-state index contributed by atoms with van der Waals surface area (Å²) in [5.74, 6) is -1.87. The van der Waals surface area contributed by atoms with E-state index in [1.807, 2.05) is 30.5 Å². The second kappa shape index (κ2) is 8.98. The molecule has 0 unspecified atom stereocenters.